The Hall–Kier alpha value is -2.68. The largest absolute Gasteiger partial charge is 0.353 e. The van der Waals surface area contributed by atoms with Crippen LogP contribution in [0.15, 0.2) is 42.3 Å². The average molecular weight is 378 g/mol. The van der Waals surface area contributed by atoms with Crippen LogP contribution in [0, 0.1) is 11.7 Å². The van der Waals surface area contributed by atoms with Gasteiger partial charge in [-0.05, 0) is 37.1 Å². The molecule has 0 aliphatic carbocycles. The maximum atomic E-state index is 13.2. The Morgan fingerprint density at radius 3 is 2.54 bits per heavy atom. The monoisotopic (exact) mass is 378 g/mol. The van der Waals surface area contributed by atoms with E-state index < -0.39 is 15.9 Å². The highest BCUT2D eigenvalue weighted by Crippen LogP contribution is 2.32. The predicted molar refractivity (Wildman–Crippen MR) is 96.1 cm³/mol. The van der Waals surface area contributed by atoms with E-state index in [1.54, 1.807) is 12.1 Å². The molecule has 2 atom stereocenters. The van der Waals surface area contributed by atoms with E-state index in [2.05, 4.69) is 30.4 Å². The fourth-order valence-corrected chi connectivity index (χ4v) is 3.23. The van der Waals surface area contributed by atoms with Crippen LogP contribution in [0.2, 0.25) is 0 Å². The number of carbonyl (C=O) groups is 1. The molecular formula is C17H19FN4O3S. The third-order valence-electron chi connectivity index (χ3n) is 4.54. The first-order valence-electron chi connectivity index (χ1n) is 8.04. The summed E-state index contributed by atoms with van der Waals surface area (Å²) in [6.07, 6.45) is 0. The molecule has 2 aromatic rings. The third-order valence-corrected chi connectivity index (χ3v) is 5.45. The lowest BCUT2D eigenvalue weighted by Gasteiger charge is -2.46. The summed E-state index contributed by atoms with van der Waals surface area (Å²) < 4.78 is 39.7. The molecular weight excluding hydrogens is 359 g/mol. The van der Waals surface area contributed by atoms with Crippen LogP contribution >= 0.6 is 0 Å². The molecule has 1 saturated heterocycles. The molecule has 2 heterocycles. The van der Waals surface area contributed by atoms with Crippen LogP contribution in [0.3, 0.4) is 0 Å². The number of sulfonamides is 1. The van der Waals surface area contributed by atoms with E-state index in [0.717, 1.165) is 6.54 Å². The highest BCUT2D eigenvalue weighted by Gasteiger charge is 2.35. The molecule has 138 valence electrons. The Kier molecular flexibility index (Phi) is 4.57. The molecule has 1 aromatic carbocycles. The molecule has 3 rings (SSSR count). The molecule has 0 unspecified atom stereocenters. The van der Waals surface area contributed by atoms with Crippen molar-refractivity contribution in [3.05, 3.63) is 53.8 Å². The number of benzene rings is 1. The second-order valence-corrected chi connectivity index (χ2v) is 7.92. The minimum absolute atomic E-state index is 0.0542. The predicted octanol–water partition coefficient (Wildman–Crippen LogP) is 2.06. The lowest BCUT2D eigenvalue weighted by molar-refractivity contribution is 0.0976. The fraction of sp³-hybridized carbons (Fsp3) is 0.294. The lowest BCUT2D eigenvalue weighted by atomic mass is 9.92. The van der Waals surface area contributed by atoms with E-state index in [0.29, 0.717) is 22.8 Å². The molecule has 1 amide bonds. The summed E-state index contributed by atoms with van der Waals surface area (Å²) in [5.74, 6) is -0.120. The number of aromatic nitrogens is 2. The number of rotatable bonds is 5. The second kappa shape index (κ2) is 6.56. The molecule has 9 heteroatoms. The van der Waals surface area contributed by atoms with Crippen LogP contribution < -0.4 is 9.62 Å². The van der Waals surface area contributed by atoms with Gasteiger partial charge in [0.2, 0.25) is 0 Å². The number of hydrogen-bond donors (Lipinski definition) is 1. The van der Waals surface area contributed by atoms with Gasteiger partial charge in [-0.3, -0.25) is 4.79 Å². The zero-order valence-electron chi connectivity index (χ0n) is 14.4. The van der Waals surface area contributed by atoms with Crippen molar-refractivity contribution in [3.8, 4) is 5.69 Å². The first-order chi connectivity index (χ1) is 12.2. The zero-order valence-corrected chi connectivity index (χ0v) is 15.2. The highest BCUT2D eigenvalue weighted by molar-refractivity contribution is 7.92. The van der Waals surface area contributed by atoms with Gasteiger partial charge < -0.3 is 4.90 Å². The van der Waals surface area contributed by atoms with Gasteiger partial charge in [-0.2, -0.15) is 5.10 Å². The van der Waals surface area contributed by atoms with Crippen LogP contribution in [0.1, 0.15) is 24.3 Å². The number of amides is 1. The molecule has 0 spiro atoms. The average Bonchev–Trinajstić information content (AvgIpc) is 3.04. The smallest absolute Gasteiger partial charge is 0.285 e. The summed E-state index contributed by atoms with van der Waals surface area (Å²) in [7, 11) is -3.92. The number of nitrogens with zero attached hydrogens (tertiary/aromatic N) is 3. The lowest BCUT2D eigenvalue weighted by Crippen LogP contribution is -2.54. The van der Waals surface area contributed by atoms with Gasteiger partial charge >= 0.3 is 0 Å². The first kappa shape index (κ1) is 18.1. The van der Waals surface area contributed by atoms with Crippen LogP contribution in [-0.2, 0) is 10.0 Å². The zero-order chi connectivity index (χ0) is 19.1. The highest BCUT2D eigenvalue weighted by atomic mass is 32.2. The minimum Gasteiger partial charge on any atom is -0.353 e. The van der Waals surface area contributed by atoms with E-state index in [1.807, 2.05) is 4.72 Å². The second-order valence-electron chi connectivity index (χ2n) is 6.29. The number of carbonyl (C=O) groups excluding carboxylic acids is 1. The van der Waals surface area contributed by atoms with Crippen LogP contribution in [0.5, 0.6) is 0 Å². The molecule has 1 aliphatic heterocycles. The van der Waals surface area contributed by atoms with Gasteiger partial charge in [-0.15, -0.1) is 0 Å². The Balaban J connectivity index is 2.01. The molecule has 1 aliphatic rings. The van der Waals surface area contributed by atoms with Crippen molar-refractivity contribution in [2.75, 3.05) is 11.4 Å². The third kappa shape index (κ3) is 3.34. The molecule has 1 aromatic heterocycles. The van der Waals surface area contributed by atoms with Gasteiger partial charge in [0.25, 0.3) is 15.9 Å². The molecule has 0 radical (unpaired) electrons. The minimum atomic E-state index is -3.92. The van der Waals surface area contributed by atoms with Crippen LogP contribution in [0.25, 0.3) is 5.69 Å². The van der Waals surface area contributed by atoms with Crippen molar-refractivity contribution < 1.29 is 17.6 Å². The van der Waals surface area contributed by atoms with E-state index >= 15 is 0 Å². The first-order valence-corrected chi connectivity index (χ1v) is 9.58. The standard InChI is InChI=1S/C17H19FN4O3S/c1-4-26(24,25)20-17(23)15-9-16(21-10-11(2)12(21)3)22(19-15)14-7-5-13(18)6-8-14/h4-9,11-12H,1,10H2,2-3H3,(H,20,23)/t11-,12-/m1/s1. The van der Waals surface area contributed by atoms with Crippen molar-refractivity contribution in [3.63, 3.8) is 0 Å². The van der Waals surface area contributed by atoms with E-state index in [1.165, 1.54) is 22.9 Å². The SMILES string of the molecule is C=CS(=O)(=O)NC(=O)c1cc(N2C[C@@H](C)[C@H]2C)n(-c2ccc(F)cc2)n1. The molecule has 7 nitrogen and oxygen atoms in total. The molecule has 0 bridgehead atoms. The topological polar surface area (TPSA) is 84.3 Å². The van der Waals surface area contributed by atoms with Gasteiger partial charge in [-0.1, -0.05) is 13.5 Å². The summed E-state index contributed by atoms with van der Waals surface area (Å²) in [4.78, 5) is 14.3. The normalized spacial score (nSPS) is 19.7. The number of anilines is 1. The number of hydrogen-bond acceptors (Lipinski definition) is 5. The van der Waals surface area contributed by atoms with Crippen molar-refractivity contribution in [1.82, 2.24) is 14.5 Å². The fourth-order valence-electron chi connectivity index (χ4n) is 2.78. The molecule has 1 fully saturated rings. The molecule has 0 saturated carbocycles. The quantitative estimate of drug-likeness (QED) is 0.861. The van der Waals surface area contributed by atoms with E-state index in [-0.39, 0.29) is 17.6 Å². The van der Waals surface area contributed by atoms with Crippen LogP contribution in [0.4, 0.5) is 10.2 Å². The maximum absolute atomic E-state index is 13.2. The van der Waals surface area contributed by atoms with Gasteiger partial charge in [0, 0.05) is 24.1 Å². The summed E-state index contributed by atoms with van der Waals surface area (Å²) in [5.41, 5.74) is 0.514. The molecule has 1 N–H and O–H groups in total. The summed E-state index contributed by atoms with van der Waals surface area (Å²) in [6, 6.07) is 7.44. The Bertz CT molecular complexity index is 953. The van der Waals surface area contributed by atoms with Gasteiger partial charge in [-0.25, -0.2) is 22.2 Å². The van der Waals surface area contributed by atoms with E-state index in [4.69, 9.17) is 0 Å². The maximum Gasteiger partial charge on any atom is 0.285 e. The van der Waals surface area contributed by atoms with Crippen molar-refractivity contribution in [2.24, 2.45) is 5.92 Å². The van der Waals surface area contributed by atoms with Crippen molar-refractivity contribution in [1.29, 1.82) is 0 Å². The van der Waals surface area contributed by atoms with Crippen molar-refractivity contribution in [2.45, 2.75) is 19.9 Å². The molecule has 26 heavy (non-hydrogen) atoms. The number of nitrogens with one attached hydrogen (secondary N) is 1. The summed E-state index contributed by atoms with van der Waals surface area (Å²) >= 11 is 0. The van der Waals surface area contributed by atoms with Crippen molar-refractivity contribution >= 4 is 21.7 Å². The van der Waals surface area contributed by atoms with E-state index in [9.17, 15) is 17.6 Å². The Morgan fingerprint density at radius 2 is 2.00 bits per heavy atom. The number of halogens is 1. The summed E-state index contributed by atoms with van der Waals surface area (Å²) in [6.45, 7) is 8.10. The summed E-state index contributed by atoms with van der Waals surface area (Å²) in [5, 5.41) is 4.89. The van der Waals surface area contributed by atoms with Gasteiger partial charge in [0.1, 0.15) is 11.6 Å². The van der Waals surface area contributed by atoms with Gasteiger partial charge in [0.05, 0.1) is 5.69 Å². The Labute approximate surface area is 151 Å². The van der Waals surface area contributed by atoms with Crippen LogP contribution in [-0.4, -0.2) is 36.7 Å². The Morgan fingerprint density at radius 1 is 1.35 bits per heavy atom. The van der Waals surface area contributed by atoms with Gasteiger partial charge in [0.15, 0.2) is 5.69 Å².